The summed E-state index contributed by atoms with van der Waals surface area (Å²) in [6, 6.07) is 9.03. The van der Waals surface area contributed by atoms with Crippen molar-refractivity contribution in [3.63, 3.8) is 0 Å². The van der Waals surface area contributed by atoms with E-state index in [1.807, 2.05) is 24.3 Å². The lowest BCUT2D eigenvalue weighted by Crippen LogP contribution is -2.33. The highest BCUT2D eigenvalue weighted by molar-refractivity contribution is 5.89. The Morgan fingerprint density at radius 2 is 2.04 bits per heavy atom. The third-order valence-corrected chi connectivity index (χ3v) is 4.50. The first kappa shape index (κ1) is 17.0. The van der Waals surface area contributed by atoms with Gasteiger partial charge in [-0.2, -0.15) is 0 Å². The smallest absolute Gasteiger partial charge is 0.324 e. The van der Waals surface area contributed by atoms with E-state index in [9.17, 15) is 14.4 Å². The molecule has 25 heavy (non-hydrogen) atoms. The van der Waals surface area contributed by atoms with Gasteiger partial charge in [-0.1, -0.05) is 26.0 Å². The Balaban J connectivity index is 1.67. The van der Waals surface area contributed by atoms with Gasteiger partial charge in [0.2, 0.25) is 0 Å². The number of aromatic nitrogens is 2. The zero-order valence-electron chi connectivity index (χ0n) is 14.3. The van der Waals surface area contributed by atoms with Crippen molar-refractivity contribution in [3.8, 4) is 0 Å². The number of anilines is 1. The number of amides is 2. The van der Waals surface area contributed by atoms with Gasteiger partial charge >= 0.3 is 11.7 Å². The number of H-pyrrole nitrogens is 2. The average molecular weight is 342 g/mol. The molecule has 2 amide bonds. The predicted molar refractivity (Wildman–Crippen MR) is 96.2 cm³/mol. The van der Waals surface area contributed by atoms with Crippen LogP contribution in [-0.2, 0) is 0 Å². The van der Waals surface area contributed by atoms with Gasteiger partial charge in [0.1, 0.15) is 0 Å². The highest BCUT2D eigenvalue weighted by Crippen LogP contribution is 2.25. The lowest BCUT2D eigenvalue weighted by atomic mass is 10.0. The van der Waals surface area contributed by atoms with Gasteiger partial charge in [-0.05, 0) is 30.0 Å². The van der Waals surface area contributed by atoms with Gasteiger partial charge in [-0.15, -0.1) is 0 Å². The van der Waals surface area contributed by atoms with E-state index in [4.69, 9.17) is 0 Å². The quantitative estimate of drug-likeness (QED) is 0.797. The Kier molecular flexibility index (Phi) is 4.74. The Morgan fingerprint density at radius 3 is 2.76 bits per heavy atom. The van der Waals surface area contributed by atoms with Crippen LogP contribution in [0.2, 0.25) is 0 Å². The van der Waals surface area contributed by atoms with Gasteiger partial charge in [0.25, 0.3) is 5.56 Å². The van der Waals surface area contributed by atoms with Crippen molar-refractivity contribution in [2.75, 3.05) is 18.4 Å². The summed E-state index contributed by atoms with van der Waals surface area (Å²) in [7, 11) is 0. The molecule has 0 saturated carbocycles. The van der Waals surface area contributed by atoms with E-state index in [0.717, 1.165) is 11.3 Å². The molecule has 2 aromatic rings. The monoisotopic (exact) mass is 342 g/mol. The number of carbonyl (C=O) groups excluding carboxylic acids is 1. The van der Waals surface area contributed by atoms with Gasteiger partial charge in [0, 0.05) is 36.5 Å². The molecule has 1 atom stereocenters. The summed E-state index contributed by atoms with van der Waals surface area (Å²) in [6.07, 6.45) is 0.707. The fraction of sp³-hybridized carbons (Fsp3) is 0.389. The van der Waals surface area contributed by atoms with Crippen molar-refractivity contribution < 1.29 is 4.79 Å². The molecular formula is C18H22N4O3. The first-order valence-corrected chi connectivity index (χ1v) is 8.42. The number of nitrogens with zero attached hydrogens (tertiary/aromatic N) is 1. The van der Waals surface area contributed by atoms with E-state index >= 15 is 0 Å². The first-order chi connectivity index (χ1) is 11.9. The minimum absolute atomic E-state index is 0.0391. The molecule has 0 aliphatic carbocycles. The summed E-state index contributed by atoms with van der Waals surface area (Å²) < 4.78 is 0. The third-order valence-electron chi connectivity index (χ3n) is 4.50. The number of nitrogens with one attached hydrogen (secondary N) is 3. The topological polar surface area (TPSA) is 98.1 Å². The third kappa shape index (κ3) is 3.99. The molecule has 3 N–H and O–H groups in total. The lowest BCUT2D eigenvalue weighted by Gasteiger charge is -2.18. The van der Waals surface area contributed by atoms with E-state index in [1.54, 1.807) is 4.90 Å². The summed E-state index contributed by atoms with van der Waals surface area (Å²) >= 11 is 0. The molecule has 132 valence electrons. The van der Waals surface area contributed by atoms with E-state index < -0.39 is 11.2 Å². The molecular weight excluding hydrogens is 320 g/mol. The molecule has 1 unspecified atom stereocenters. The summed E-state index contributed by atoms with van der Waals surface area (Å²) in [4.78, 5) is 41.8. The molecule has 1 saturated heterocycles. The maximum atomic E-state index is 12.5. The van der Waals surface area contributed by atoms with Crippen LogP contribution >= 0.6 is 0 Å². The van der Waals surface area contributed by atoms with Crippen molar-refractivity contribution in [1.29, 1.82) is 0 Å². The van der Waals surface area contributed by atoms with E-state index in [1.165, 1.54) is 6.07 Å². The predicted octanol–water partition coefficient (Wildman–Crippen LogP) is 2.21. The van der Waals surface area contributed by atoms with Gasteiger partial charge in [-0.25, -0.2) is 9.59 Å². The van der Waals surface area contributed by atoms with Crippen molar-refractivity contribution >= 4 is 11.7 Å². The van der Waals surface area contributed by atoms with E-state index in [-0.39, 0.29) is 11.9 Å². The van der Waals surface area contributed by atoms with Crippen LogP contribution in [0, 0.1) is 0 Å². The maximum Gasteiger partial charge on any atom is 0.325 e. The zero-order chi connectivity index (χ0) is 18.0. The minimum Gasteiger partial charge on any atom is -0.324 e. The fourth-order valence-corrected chi connectivity index (χ4v) is 3.08. The lowest BCUT2D eigenvalue weighted by molar-refractivity contribution is 0.222. The van der Waals surface area contributed by atoms with Crippen LogP contribution in [0.5, 0.6) is 0 Å². The molecule has 7 nitrogen and oxygen atoms in total. The highest BCUT2D eigenvalue weighted by Gasteiger charge is 2.28. The number of urea groups is 1. The Morgan fingerprint density at radius 1 is 1.24 bits per heavy atom. The van der Waals surface area contributed by atoms with Crippen LogP contribution in [-0.4, -0.2) is 34.0 Å². The molecule has 1 aromatic carbocycles. The number of benzene rings is 1. The van der Waals surface area contributed by atoms with Crippen LogP contribution in [0.4, 0.5) is 10.5 Å². The normalized spacial score (nSPS) is 17.1. The fourth-order valence-electron chi connectivity index (χ4n) is 3.08. The number of aromatic amines is 2. The van der Waals surface area contributed by atoms with Gasteiger partial charge in [-0.3, -0.25) is 9.78 Å². The van der Waals surface area contributed by atoms with Gasteiger partial charge in [0.05, 0.1) is 0 Å². The summed E-state index contributed by atoms with van der Waals surface area (Å²) in [5.74, 6) is 0.351. The van der Waals surface area contributed by atoms with Crippen LogP contribution in [0.3, 0.4) is 0 Å². The molecule has 0 radical (unpaired) electrons. The second-order valence-corrected chi connectivity index (χ2v) is 6.68. The first-order valence-electron chi connectivity index (χ1n) is 8.42. The van der Waals surface area contributed by atoms with E-state index in [2.05, 4.69) is 29.1 Å². The second-order valence-electron chi connectivity index (χ2n) is 6.68. The largest absolute Gasteiger partial charge is 0.325 e. The zero-order valence-corrected chi connectivity index (χ0v) is 14.3. The van der Waals surface area contributed by atoms with Crippen molar-refractivity contribution in [2.24, 2.45) is 0 Å². The molecule has 1 aromatic heterocycles. The van der Waals surface area contributed by atoms with Crippen LogP contribution in [0.25, 0.3) is 0 Å². The van der Waals surface area contributed by atoms with Crippen molar-refractivity contribution in [2.45, 2.75) is 32.1 Å². The van der Waals surface area contributed by atoms with Gasteiger partial charge < -0.3 is 15.2 Å². The van der Waals surface area contributed by atoms with Crippen molar-refractivity contribution in [1.82, 2.24) is 14.9 Å². The van der Waals surface area contributed by atoms with Gasteiger partial charge in [0.15, 0.2) is 0 Å². The van der Waals surface area contributed by atoms with Crippen LogP contribution in [0.15, 0.2) is 39.9 Å². The SMILES string of the molecule is CC(C)c1cccc(NC(=O)N2CCC(c3cc(=O)[nH]c(=O)[nH]3)C2)c1. The number of rotatable bonds is 3. The summed E-state index contributed by atoms with van der Waals surface area (Å²) in [5, 5.41) is 2.92. The number of hydrogen-bond donors (Lipinski definition) is 3. The van der Waals surface area contributed by atoms with Crippen molar-refractivity contribution in [3.05, 3.63) is 62.4 Å². The molecule has 2 heterocycles. The van der Waals surface area contributed by atoms with E-state index in [0.29, 0.717) is 31.1 Å². The molecule has 7 heteroatoms. The summed E-state index contributed by atoms with van der Waals surface area (Å²) in [5.41, 5.74) is 1.57. The Labute approximate surface area is 145 Å². The molecule has 0 spiro atoms. The number of carbonyl (C=O) groups is 1. The maximum absolute atomic E-state index is 12.5. The second kappa shape index (κ2) is 6.96. The number of hydrogen-bond acceptors (Lipinski definition) is 3. The molecule has 1 aliphatic rings. The Bertz CT molecular complexity index is 856. The molecule has 3 rings (SSSR count). The summed E-state index contributed by atoms with van der Waals surface area (Å²) in [6.45, 7) is 5.26. The molecule has 0 bridgehead atoms. The highest BCUT2D eigenvalue weighted by atomic mass is 16.2. The number of likely N-dealkylation sites (tertiary alicyclic amines) is 1. The Hall–Kier alpha value is -2.83. The van der Waals surface area contributed by atoms with Crippen LogP contribution in [0.1, 0.15) is 43.4 Å². The standard InChI is InChI=1S/C18H22N4O3/c1-11(2)12-4-3-5-14(8-12)19-18(25)22-7-6-13(10-22)15-9-16(23)21-17(24)20-15/h3-5,8-9,11,13H,6-7,10H2,1-2H3,(H,19,25)(H2,20,21,23,24). The average Bonchev–Trinajstić information content (AvgIpc) is 3.04. The minimum atomic E-state index is -0.518. The molecule has 1 aliphatic heterocycles. The molecule has 1 fully saturated rings. The van der Waals surface area contributed by atoms with Crippen LogP contribution < -0.4 is 16.6 Å².